The lowest BCUT2D eigenvalue weighted by molar-refractivity contribution is 0.439. The molecule has 1 heterocycles. The lowest BCUT2D eigenvalue weighted by Crippen LogP contribution is -2.11. The van der Waals surface area contributed by atoms with E-state index in [0.29, 0.717) is 11.5 Å². The first-order valence-corrected chi connectivity index (χ1v) is 17.2. The van der Waals surface area contributed by atoms with Crippen LogP contribution in [-0.2, 0) is 0 Å². The second-order valence-electron chi connectivity index (χ2n) is 12.9. The summed E-state index contributed by atoms with van der Waals surface area (Å²) in [6.45, 7) is 0. The van der Waals surface area contributed by atoms with E-state index in [-0.39, 0.29) is 0 Å². The quantitative estimate of drug-likeness (QED) is 0.173. The second kappa shape index (κ2) is 11.9. The average molecular weight is 654 g/mol. The van der Waals surface area contributed by atoms with Crippen LogP contribution in [0.2, 0.25) is 0 Å². The zero-order valence-corrected chi connectivity index (χ0v) is 27.7. The summed E-state index contributed by atoms with van der Waals surface area (Å²) in [6, 6.07) is 66.2. The topological polar surface area (TPSA) is 21.7 Å². The third-order valence-corrected chi connectivity index (χ3v) is 9.89. The summed E-state index contributed by atoms with van der Waals surface area (Å²) < 4.78 is 13.2. The summed E-state index contributed by atoms with van der Waals surface area (Å²) >= 11 is 0. The van der Waals surface area contributed by atoms with Gasteiger partial charge in [-0.3, -0.25) is 0 Å². The maximum Gasteiger partial charge on any atom is 0.172 e. The van der Waals surface area contributed by atoms with Crippen LogP contribution in [0.1, 0.15) is 0 Å². The van der Waals surface area contributed by atoms with Crippen LogP contribution < -0.4 is 14.4 Å². The van der Waals surface area contributed by atoms with Gasteiger partial charge in [0.15, 0.2) is 11.5 Å². The fourth-order valence-corrected chi connectivity index (χ4v) is 7.42. The Morgan fingerprint density at radius 1 is 0.314 bits per heavy atom. The first-order valence-electron chi connectivity index (χ1n) is 17.2. The van der Waals surface area contributed by atoms with E-state index in [1.54, 1.807) is 0 Å². The molecule has 1 aliphatic rings. The SMILES string of the molecule is c1ccc(-c2ccc(-c3ccc(N(c4ccc5c(c4)Oc4cccc6cccc(c46)O5)c4cc5ccccc5c5ccccc45)cc3)cc2)cc1. The predicted octanol–water partition coefficient (Wildman–Crippen LogP) is 13.8. The van der Waals surface area contributed by atoms with Gasteiger partial charge in [0.05, 0.1) is 16.8 Å². The Kier molecular flexibility index (Phi) is 6.81. The third kappa shape index (κ3) is 5.06. The van der Waals surface area contributed by atoms with E-state index in [4.69, 9.17) is 9.47 Å². The molecule has 1 aliphatic heterocycles. The highest BCUT2D eigenvalue weighted by atomic mass is 16.5. The van der Waals surface area contributed by atoms with Gasteiger partial charge in [0.1, 0.15) is 11.5 Å². The van der Waals surface area contributed by atoms with Gasteiger partial charge in [-0.05, 0) is 86.3 Å². The minimum atomic E-state index is 0.668. The molecule has 240 valence electrons. The van der Waals surface area contributed by atoms with Gasteiger partial charge in [0.25, 0.3) is 0 Å². The maximum atomic E-state index is 6.66. The van der Waals surface area contributed by atoms with E-state index in [2.05, 4.69) is 163 Å². The lowest BCUT2D eigenvalue weighted by atomic mass is 9.98. The third-order valence-electron chi connectivity index (χ3n) is 9.89. The average Bonchev–Trinajstić information content (AvgIpc) is 3.36. The molecule has 0 amide bonds. The molecule has 0 fully saturated rings. The fourth-order valence-electron chi connectivity index (χ4n) is 7.42. The highest BCUT2D eigenvalue weighted by molar-refractivity contribution is 6.14. The van der Waals surface area contributed by atoms with Gasteiger partial charge in [-0.1, -0.05) is 140 Å². The number of hydrogen-bond donors (Lipinski definition) is 0. The molecule has 0 atom stereocenters. The molecule has 0 saturated carbocycles. The Morgan fingerprint density at radius 3 is 1.55 bits per heavy atom. The highest BCUT2D eigenvalue weighted by Gasteiger charge is 2.23. The van der Waals surface area contributed by atoms with E-state index in [9.17, 15) is 0 Å². The van der Waals surface area contributed by atoms with Gasteiger partial charge >= 0.3 is 0 Å². The fraction of sp³-hybridized carbons (Fsp3) is 0. The van der Waals surface area contributed by atoms with E-state index in [0.717, 1.165) is 44.9 Å². The van der Waals surface area contributed by atoms with Gasteiger partial charge in [-0.25, -0.2) is 0 Å². The van der Waals surface area contributed by atoms with Gasteiger partial charge in [0.2, 0.25) is 0 Å². The van der Waals surface area contributed by atoms with Crippen molar-refractivity contribution in [3.8, 4) is 45.3 Å². The van der Waals surface area contributed by atoms with E-state index in [1.807, 2.05) is 30.3 Å². The number of rotatable bonds is 5. The molecule has 0 aliphatic carbocycles. The molecule has 10 rings (SSSR count). The number of ether oxygens (including phenoxy) is 2. The van der Waals surface area contributed by atoms with Crippen molar-refractivity contribution in [1.29, 1.82) is 0 Å². The Bertz CT molecular complexity index is 2730. The molecule has 9 aromatic carbocycles. The normalized spacial score (nSPS) is 11.8. The zero-order valence-electron chi connectivity index (χ0n) is 27.7. The molecule has 9 aromatic rings. The number of benzene rings is 9. The molecule has 3 heteroatoms. The molecule has 0 unspecified atom stereocenters. The maximum absolute atomic E-state index is 6.66. The number of nitrogens with zero attached hydrogens (tertiary/aromatic N) is 1. The van der Waals surface area contributed by atoms with Crippen LogP contribution in [-0.4, -0.2) is 0 Å². The van der Waals surface area contributed by atoms with Crippen LogP contribution >= 0.6 is 0 Å². The Hall–Kier alpha value is -6.84. The monoisotopic (exact) mass is 653 g/mol. The molecule has 51 heavy (non-hydrogen) atoms. The summed E-state index contributed by atoms with van der Waals surface area (Å²) in [6.07, 6.45) is 0. The van der Waals surface area contributed by atoms with Crippen molar-refractivity contribution in [2.75, 3.05) is 4.90 Å². The number of anilines is 3. The van der Waals surface area contributed by atoms with E-state index < -0.39 is 0 Å². The first kappa shape index (κ1) is 29.1. The number of hydrogen-bond acceptors (Lipinski definition) is 3. The number of fused-ring (bicyclic) bond motifs is 4. The molecule has 0 aromatic heterocycles. The summed E-state index contributed by atoms with van der Waals surface area (Å²) in [5, 5.41) is 6.85. The van der Waals surface area contributed by atoms with Gasteiger partial charge < -0.3 is 14.4 Å². The van der Waals surface area contributed by atoms with Crippen molar-refractivity contribution in [3.63, 3.8) is 0 Å². The molecular formula is C48H31NO2. The summed E-state index contributed by atoms with van der Waals surface area (Å²) in [5.41, 5.74) is 7.85. The van der Waals surface area contributed by atoms with Crippen LogP contribution in [0.15, 0.2) is 188 Å². The minimum Gasteiger partial charge on any atom is -0.453 e. The Balaban J connectivity index is 1.11. The summed E-state index contributed by atoms with van der Waals surface area (Å²) in [4.78, 5) is 2.33. The summed E-state index contributed by atoms with van der Waals surface area (Å²) in [7, 11) is 0. The van der Waals surface area contributed by atoms with E-state index in [1.165, 1.54) is 38.2 Å². The van der Waals surface area contributed by atoms with Gasteiger partial charge in [0, 0.05) is 17.1 Å². The second-order valence-corrected chi connectivity index (χ2v) is 12.9. The zero-order chi connectivity index (χ0) is 33.7. The molecule has 0 N–H and O–H groups in total. The minimum absolute atomic E-state index is 0.668. The molecular weight excluding hydrogens is 623 g/mol. The van der Waals surface area contributed by atoms with Crippen LogP contribution in [0.3, 0.4) is 0 Å². The standard InChI is InChI=1S/C48H31NO2/c1-2-10-32(11-3-1)33-20-22-34(23-21-33)35-24-26-38(27-25-35)49(43-30-37-12-4-5-15-40(37)41-16-6-7-17-42(41)43)39-28-29-44-47(31-39)51-46-19-9-14-36-13-8-18-45(50-44)48(36)46/h1-31H. The van der Waals surface area contributed by atoms with Crippen LogP contribution in [0.4, 0.5) is 17.1 Å². The molecule has 0 saturated heterocycles. The molecule has 0 radical (unpaired) electrons. The largest absolute Gasteiger partial charge is 0.453 e. The lowest BCUT2D eigenvalue weighted by Gasteiger charge is -2.28. The van der Waals surface area contributed by atoms with Crippen molar-refractivity contribution in [2.45, 2.75) is 0 Å². The molecule has 0 spiro atoms. The Labute approximate surface area is 296 Å². The highest BCUT2D eigenvalue weighted by Crippen LogP contribution is 2.49. The predicted molar refractivity (Wildman–Crippen MR) is 211 cm³/mol. The molecule has 3 nitrogen and oxygen atoms in total. The van der Waals surface area contributed by atoms with E-state index >= 15 is 0 Å². The van der Waals surface area contributed by atoms with Crippen molar-refractivity contribution in [2.24, 2.45) is 0 Å². The first-order chi connectivity index (χ1) is 25.3. The Morgan fingerprint density at radius 2 is 0.843 bits per heavy atom. The van der Waals surface area contributed by atoms with Crippen molar-refractivity contribution < 1.29 is 9.47 Å². The smallest absolute Gasteiger partial charge is 0.172 e. The van der Waals surface area contributed by atoms with Crippen LogP contribution in [0, 0.1) is 0 Å². The van der Waals surface area contributed by atoms with Crippen molar-refractivity contribution in [3.05, 3.63) is 188 Å². The van der Waals surface area contributed by atoms with Gasteiger partial charge in [-0.2, -0.15) is 0 Å². The van der Waals surface area contributed by atoms with Crippen LogP contribution in [0.5, 0.6) is 23.0 Å². The van der Waals surface area contributed by atoms with Crippen molar-refractivity contribution in [1.82, 2.24) is 0 Å². The summed E-state index contributed by atoms with van der Waals surface area (Å²) in [5.74, 6) is 2.92. The van der Waals surface area contributed by atoms with Crippen LogP contribution in [0.25, 0.3) is 54.6 Å². The van der Waals surface area contributed by atoms with Crippen molar-refractivity contribution >= 4 is 49.4 Å². The molecule has 0 bridgehead atoms. The van der Waals surface area contributed by atoms with Gasteiger partial charge in [-0.15, -0.1) is 0 Å².